The molecule has 2 aromatic carbocycles. The molecule has 0 fully saturated rings. The highest BCUT2D eigenvalue weighted by Crippen LogP contribution is 2.20. The van der Waals surface area contributed by atoms with Gasteiger partial charge in [-0.15, -0.1) is 5.10 Å². The summed E-state index contributed by atoms with van der Waals surface area (Å²) in [7, 11) is 0. The Morgan fingerprint density at radius 3 is 2.73 bits per heavy atom. The fraction of sp³-hybridized carbons (Fsp3) is 0.105. The molecule has 0 saturated carbocycles. The maximum Gasteiger partial charge on any atom is 0.291 e. The monoisotopic (exact) mass is 367 g/mol. The van der Waals surface area contributed by atoms with Gasteiger partial charge in [-0.3, -0.25) is 4.79 Å². The number of hydrogen-bond donors (Lipinski definition) is 0. The summed E-state index contributed by atoms with van der Waals surface area (Å²) in [6, 6.07) is 13.5. The highest BCUT2D eigenvalue weighted by molar-refractivity contribution is 7.15. The first-order valence-electron chi connectivity index (χ1n) is 8.04. The third kappa shape index (κ3) is 3.09. The van der Waals surface area contributed by atoms with Gasteiger partial charge >= 0.3 is 0 Å². The van der Waals surface area contributed by atoms with E-state index in [1.165, 1.54) is 28.0 Å². The van der Waals surface area contributed by atoms with Gasteiger partial charge in [0.2, 0.25) is 4.96 Å². The largest absolute Gasteiger partial charge is 0.494 e. The number of thiazole rings is 1. The average molecular weight is 367 g/mol. The molecular formula is C19H14FN3O2S. The lowest BCUT2D eigenvalue weighted by Gasteiger charge is -2.02. The van der Waals surface area contributed by atoms with Gasteiger partial charge in [-0.1, -0.05) is 23.5 Å². The highest BCUT2D eigenvalue weighted by Gasteiger charge is 2.12. The van der Waals surface area contributed by atoms with E-state index < -0.39 is 0 Å². The highest BCUT2D eigenvalue weighted by atomic mass is 32.1. The first-order chi connectivity index (χ1) is 12.6. The second kappa shape index (κ2) is 6.68. The fourth-order valence-corrected chi connectivity index (χ4v) is 3.48. The van der Waals surface area contributed by atoms with E-state index in [1.54, 1.807) is 18.2 Å². The summed E-state index contributed by atoms with van der Waals surface area (Å²) in [5, 5.41) is 4.31. The molecule has 2 heterocycles. The lowest BCUT2D eigenvalue weighted by atomic mass is 10.2. The van der Waals surface area contributed by atoms with Crippen LogP contribution in [0.25, 0.3) is 22.4 Å². The Labute approximate surface area is 152 Å². The van der Waals surface area contributed by atoms with Crippen molar-refractivity contribution in [3.05, 3.63) is 74.8 Å². The molecule has 0 bridgehead atoms. The molecular weight excluding hydrogens is 353 g/mol. The summed E-state index contributed by atoms with van der Waals surface area (Å²) >= 11 is 1.23. The lowest BCUT2D eigenvalue weighted by Crippen LogP contribution is -2.23. The first-order valence-corrected chi connectivity index (χ1v) is 8.86. The summed E-state index contributed by atoms with van der Waals surface area (Å²) in [5.41, 5.74) is 1.16. The molecule has 0 atom stereocenters. The molecule has 4 aromatic rings. The minimum absolute atomic E-state index is 0.265. The zero-order valence-corrected chi connectivity index (χ0v) is 14.7. The van der Waals surface area contributed by atoms with Crippen LogP contribution in [0.1, 0.15) is 12.5 Å². The van der Waals surface area contributed by atoms with Crippen LogP contribution in [0.3, 0.4) is 0 Å². The number of halogens is 1. The number of fused-ring (bicyclic) bond motifs is 1. The molecule has 130 valence electrons. The Bertz CT molecular complexity index is 1180. The predicted molar refractivity (Wildman–Crippen MR) is 98.9 cm³/mol. The Morgan fingerprint density at radius 2 is 2.04 bits per heavy atom. The normalized spacial score (nSPS) is 12.0. The van der Waals surface area contributed by atoms with E-state index in [0.717, 1.165) is 11.3 Å². The molecule has 0 radical (unpaired) electrons. The first kappa shape index (κ1) is 16.4. The van der Waals surface area contributed by atoms with E-state index in [0.29, 0.717) is 27.5 Å². The fourth-order valence-electron chi connectivity index (χ4n) is 2.57. The quantitative estimate of drug-likeness (QED) is 0.557. The van der Waals surface area contributed by atoms with Crippen molar-refractivity contribution in [1.82, 2.24) is 14.6 Å². The standard InChI is InChI=1S/C19H14FN3O2S/c1-2-25-15-8-6-13(7-9-15)17-21-19-23(22-17)18(24)16(26-19)11-12-4-3-5-14(20)10-12/h3-11H,2H2,1H3/b16-11-. The molecule has 26 heavy (non-hydrogen) atoms. The maximum absolute atomic E-state index is 13.3. The van der Waals surface area contributed by atoms with Crippen molar-refractivity contribution in [2.45, 2.75) is 6.92 Å². The molecule has 0 spiro atoms. The van der Waals surface area contributed by atoms with E-state index in [2.05, 4.69) is 10.1 Å². The average Bonchev–Trinajstić information content (AvgIpc) is 3.16. The van der Waals surface area contributed by atoms with Crippen molar-refractivity contribution in [1.29, 1.82) is 0 Å². The summed E-state index contributed by atoms with van der Waals surface area (Å²) in [4.78, 5) is 17.5. The van der Waals surface area contributed by atoms with Crippen LogP contribution in [-0.4, -0.2) is 21.2 Å². The van der Waals surface area contributed by atoms with Crippen LogP contribution < -0.4 is 14.8 Å². The second-order valence-corrected chi connectivity index (χ2v) is 6.57. The van der Waals surface area contributed by atoms with Crippen molar-refractivity contribution in [3.63, 3.8) is 0 Å². The van der Waals surface area contributed by atoms with Gasteiger partial charge in [0.25, 0.3) is 5.56 Å². The van der Waals surface area contributed by atoms with E-state index in [1.807, 2.05) is 31.2 Å². The third-order valence-electron chi connectivity index (χ3n) is 3.75. The molecule has 0 saturated heterocycles. The molecule has 2 aromatic heterocycles. The Balaban J connectivity index is 1.72. The Kier molecular flexibility index (Phi) is 4.22. The van der Waals surface area contributed by atoms with E-state index in [-0.39, 0.29) is 11.4 Å². The van der Waals surface area contributed by atoms with E-state index >= 15 is 0 Å². The SMILES string of the molecule is CCOc1ccc(-c2nc3s/c(=C\c4cccc(F)c4)c(=O)n3n2)cc1. The van der Waals surface area contributed by atoms with Crippen LogP contribution >= 0.6 is 11.3 Å². The smallest absolute Gasteiger partial charge is 0.291 e. The third-order valence-corrected chi connectivity index (χ3v) is 4.71. The van der Waals surface area contributed by atoms with Crippen LogP contribution in [0.2, 0.25) is 0 Å². The van der Waals surface area contributed by atoms with E-state index in [4.69, 9.17) is 4.74 Å². The summed E-state index contributed by atoms with van der Waals surface area (Å²) in [5.74, 6) is 0.908. The summed E-state index contributed by atoms with van der Waals surface area (Å²) in [6.07, 6.45) is 1.64. The van der Waals surface area contributed by atoms with Gasteiger partial charge in [-0.25, -0.2) is 4.39 Å². The minimum atomic E-state index is -0.344. The van der Waals surface area contributed by atoms with Crippen LogP contribution in [-0.2, 0) is 0 Å². The van der Waals surface area contributed by atoms with Crippen LogP contribution in [0.5, 0.6) is 5.75 Å². The number of rotatable bonds is 4. The minimum Gasteiger partial charge on any atom is -0.494 e. The van der Waals surface area contributed by atoms with Crippen molar-refractivity contribution < 1.29 is 9.13 Å². The predicted octanol–water partition coefficient (Wildman–Crippen LogP) is 2.90. The Morgan fingerprint density at radius 1 is 1.23 bits per heavy atom. The molecule has 0 aliphatic carbocycles. The van der Waals surface area contributed by atoms with Gasteiger partial charge in [-0.2, -0.15) is 9.50 Å². The van der Waals surface area contributed by atoms with Gasteiger partial charge in [0, 0.05) is 5.56 Å². The van der Waals surface area contributed by atoms with Gasteiger partial charge in [0.1, 0.15) is 11.6 Å². The zero-order chi connectivity index (χ0) is 18.1. The number of nitrogens with zero attached hydrogens (tertiary/aromatic N) is 3. The zero-order valence-electron chi connectivity index (χ0n) is 13.8. The molecule has 5 nitrogen and oxygen atoms in total. The van der Waals surface area contributed by atoms with Crippen LogP contribution in [0.15, 0.2) is 53.3 Å². The van der Waals surface area contributed by atoms with Gasteiger partial charge in [0.05, 0.1) is 11.1 Å². The van der Waals surface area contributed by atoms with Crippen molar-refractivity contribution >= 4 is 22.4 Å². The van der Waals surface area contributed by atoms with Gasteiger partial charge in [0.15, 0.2) is 5.82 Å². The van der Waals surface area contributed by atoms with Gasteiger partial charge < -0.3 is 4.74 Å². The van der Waals surface area contributed by atoms with Crippen molar-refractivity contribution in [2.75, 3.05) is 6.61 Å². The second-order valence-electron chi connectivity index (χ2n) is 5.56. The Hall–Kier alpha value is -3.06. The van der Waals surface area contributed by atoms with Crippen LogP contribution in [0.4, 0.5) is 4.39 Å². The topological polar surface area (TPSA) is 56.5 Å². The van der Waals surface area contributed by atoms with Crippen molar-refractivity contribution in [3.8, 4) is 17.1 Å². The number of aromatic nitrogens is 3. The molecule has 4 rings (SSSR count). The summed E-state index contributed by atoms with van der Waals surface area (Å²) in [6.45, 7) is 2.52. The number of benzene rings is 2. The van der Waals surface area contributed by atoms with Gasteiger partial charge in [-0.05, 0) is 55.0 Å². The molecule has 0 N–H and O–H groups in total. The number of ether oxygens (including phenoxy) is 1. The summed E-state index contributed by atoms with van der Waals surface area (Å²) < 4.78 is 20.5. The molecule has 0 unspecified atom stereocenters. The van der Waals surface area contributed by atoms with Crippen molar-refractivity contribution in [2.24, 2.45) is 0 Å². The van der Waals surface area contributed by atoms with E-state index in [9.17, 15) is 9.18 Å². The number of hydrogen-bond acceptors (Lipinski definition) is 5. The molecule has 0 amide bonds. The molecule has 0 aliphatic rings. The molecule has 0 aliphatic heterocycles. The molecule has 7 heteroatoms. The lowest BCUT2D eigenvalue weighted by molar-refractivity contribution is 0.340. The van der Waals surface area contributed by atoms with Crippen LogP contribution in [0, 0.1) is 5.82 Å². The maximum atomic E-state index is 13.3.